The van der Waals surface area contributed by atoms with Crippen LogP contribution in [0.3, 0.4) is 0 Å². The molecule has 0 atom stereocenters. The topological polar surface area (TPSA) is 43.8 Å². The zero-order valence-corrected chi connectivity index (χ0v) is 12.1. The van der Waals surface area contributed by atoms with E-state index in [1.807, 2.05) is 4.68 Å². The molecule has 2 N–H and O–H groups in total. The van der Waals surface area contributed by atoms with Crippen LogP contribution < -0.4 is 5.73 Å². The molecule has 0 fully saturated rings. The van der Waals surface area contributed by atoms with E-state index in [1.165, 1.54) is 0 Å². The van der Waals surface area contributed by atoms with Crippen LogP contribution in [-0.2, 0) is 13.0 Å². The maximum Gasteiger partial charge on any atom is 0.135 e. The standard InChI is InChI=1S/C11H20IN3/c1-5-6-15-10(13)9(12)8(14-15)7-11(2,3)4/h5-7,13H2,1-4H3. The van der Waals surface area contributed by atoms with Gasteiger partial charge in [0.2, 0.25) is 0 Å². The molecule has 0 amide bonds. The number of nitrogen functional groups attached to an aromatic ring is 1. The summed E-state index contributed by atoms with van der Waals surface area (Å²) in [6.45, 7) is 9.71. The third-order valence-electron chi connectivity index (χ3n) is 2.13. The fourth-order valence-corrected chi connectivity index (χ4v) is 2.08. The maximum atomic E-state index is 6.00. The van der Waals surface area contributed by atoms with Gasteiger partial charge in [0.25, 0.3) is 0 Å². The smallest absolute Gasteiger partial charge is 0.135 e. The van der Waals surface area contributed by atoms with E-state index in [4.69, 9.17) is 5.73 Å². The van der Waals surface area contributed by atoms with Crippen LogP contribution in [0.1, 0.15) is 39.8 Å². The van der Waals surface area contributed by atoms with Crippen LogP contribution in [0.15, 0.2) is 0 Å². The van der Waals surface area contributed by atoms with Crippen molar-refractivity contribution in [3.05, 3.63) is 9.26 Å². The van der Waals surface area contributed by atoms with E-state index in [0.717, 1.165) is 34.5 Å². The van der Waals surface area contributed by atoms with Gasteiger partial charge in [-0.25, -0.2) is 4.68 Å². The van der Waals surface area contributed by atoms with Gasteiger partial charge in [-0.05, 0) is 40.8 Å². The summed E-state index contributed by atoms with van der Waals surface area (Å²) in [5.74, 6) is 0.816. The van der Waals surface area contributed by atoms with E-state index in [2.05, 4.69) is 55.4 Å². The predicted molar refractivity (Wildman–Crippen MR) is 72.8 cm³/mol. The van der Waals surface area contributed by atoms with Crippen LogP contribution in [0.4, 0.5) is 5.82 Å². The monoisotopic (exact) mass is 321 g/mol. The van der Waals surface area contributed by atoms with Gasteiger partial charge in [0.15, 0.2) is 0 Å². The van der Waals surface area contributed by atoms with Crippen LogP contribution in [0, 0.1) is 8.99 Å². The summed E-state index contributed by atoms with van der Waals surface area (Å²) in [6, 6.07) is 0. The molecule has 0 aliphatic heterocycles. The number of hydrogen-bond donors (Lipinski definition) is 1. The highest BCUT2D eigenvalue weighted by atomic mass is 127. The Balaban J connectivity index is 2.95. The molecule has 0 aromatic carbocycles. The number of halogens is 1. The fourth-order valence-electron chi connectivity index (χ4n) is 1.50. The number of nitrogens with zero attached hydrogens (tertiary/aromatic N) is 2. The minimum atomic E-state index is 0.262. The molecule has 0 bridgehead atoms. The Bertz CT molecular complexity index is 336. The maximum absolute atomic E-state index is 6.00. The summed E-state index contributed by atoms with van der Waals surface area (Å²) < 4.78 is 3.04. The first-order valence-electron chi connectivity index (χ1n) is 5.36. The van der Waals surface area contributed by atoms with Crippen molar-refractivity contribution in [2.75, 3.05) is 5.73 Å². The number of anilines is 1. The molecule has 0 saturated heterocycles. The minimum absolute atomic E-state index is 0.262. The second-order valence-electron chi connectivity index (χ2n) is 5.11. The lowest BCUT2D eigenvalue weighted by molar-refractivity contribution is 0.402. The van der Waals surface area contributed by atoms with Crippen molar-refractivity contribution in [2.24, 2.45) is 5.41 Å². The molecule has 0 aliphatic rings. The molecule has 0 saturated carbocycles. The Kier molecular flexibility index (Phi) is 4.03. The van der Waals surface area contributed by atoms with Crippen molar-refractivity contribution in [1.29, 1.82) is 0 Å². The molecule has 3 nitrogen and oxygen atoms in total. The van der Waals surface area contributed by atoms with Gasteiger partial charge in [0, 0.05) is 6.54 Å². The average Bonchev–Trinajstić information content (AvgIpc) is 2.32. The minimum Gasteiger partial charge on any atom is -0.383 e. The Morgan fingerprint density at radius 1 is 1.40 bits per heavy atom. The SMILES string of the molecule is CCCn1nc(CC(C)(C)C)c(I)c1N. The van der Waals surface area contributed by atoms with Crippen molar-refractivity contribution in [1.82, 2.24) is 9.78 Å². The summed E-state index contributed by atoms with van der Waals surface area (Å²) in [7, 11) is 0. The molecule has 1 rings (SSSR count). The van der Waals surface area contributed by atoms with Gasteiger partial charge in [-0.3, -0.25) is 0 Å². The average molecular weight is 321 g/mol. The van der Waals surface area contributed by atoms with Crippen LogP contribution in [-0.4, -0.2) is 9.78 Å². The van der Waals surface area contributed by atoms with E-state index >= 15 is 0 Å². The number of aromatic nitrogens is 2. The molecule has 1 aromatic rings. The van der Waals surface area contributed by atoms with Crippen LogP contribution in [0.2, 0.25) is 0 Å². The summed E-state index contributed by atoms with van der Waals surface area (Å²) in [5, 5.41) is 4.57. The Morgan fingerprint density at radius 2 is 2.00 bits per heavy atom. The lowest BCUT2D eigenvalue weighted by Crippen LogP contribution is -2.11. The Labute approximate surface area is 106 Å². The van der Waals surface area contributed by atoms with Crippen molar-refractivity contribution in [3.8, 4) is 0 Å². The highest BCUT2D eigenvalue weighted by Crippen LogP contribution is 2.26. The van der Waals surface area contributed by atoms with E-state index in [-0.39, 0.29) is 5.41 Å². The molecule has 0 unspecified atom stereocenters. The van der Waals surface area contributed by atoms with Crippen LogP contribution in [0.5, 0.6) is 0 Å². The summed E-state index contributed by atoms with van der Waals surface area (Å²) in [4.78, 5) is 0. The summed E-state index contributed by atoms with van der Waals surface area (Å²) >= 11 is 2.30. The van der Waals surface area contributed by atoms with Crippen molar-refractivity contribution in [3.63, 3.8) is 0 Å². The third kappa shape index (κ3) is 3.36. The van der Waals surface area contributed by atoms with Crippen molar-refractivity contribution in [2.45, 2.75) is 47.1 Å². The molecule has 15 heavy (non-hydrogen) atoms. The van der Waals surface area contributed by atoms with Gasteiger partial charge in [0.1, 0.15) is 5.82 Å². The molecule has 1 heterocycles. The van der Waals surface area contributed by atoms with Gasteiger partial charge in [-0.1, -0.05) is 27.7 Å². The molecule has 86 valence electrons. The lowest BCUT2D eigenvalue weighted by atomic mass is 9.91. The van der Waals surface area contributed by atoms with E-state index in [0.29, 0.717) is 0 Å². The number of rotatable bonds is 3. The second-order valence-corrected chi connectivity index (χ2v) is 6.19. The molecule has 0 aliphatic carbocycles. The Hall–Kier alpha value is -0.260. The molecule has 4 heteroatoms. The quantitative estimate of drug-likeness (QED) is 0.870. The first kappa shape index (κ1) is 12.8. The lowest BCUT2D eigenvalue weighted by Gasteiger charge is -2.16. The number of nitrogens with two attached hydrogens (primary N) is 1. The summed E-state index contributed by atoms with van der Waals surface area (Å²) in [5.41, 5.74) is 7.40. The van der Waals surface area contributed by atoms with E-state index in [9.17, 15) is 0 Å². The number of aryl methyl sites for hydroxylation is 1. The molecular formula is C11H20IN3. The zero-order chi connectivity index (χ0) is 11.6. The number of hydrogen-bond acceptors (Lipinski definition) is 2. The van der Waals surface area contributed by atoms with Gasteiger partial charge < -0.3 is 5.73 Å². The van der Waals surface area contributed by atoms with E-state index < -0.39 is 0 Å². The van der Waals surface area contributed by atoms with Gasteiger partial charge >= 0.3 is 0 Å². The highest BCUT2D eigenvalue weighted by molar-refractivity contribution is 14.1. The van der Waals surface area contributed by atoms with Gasteiger partial charge in [-0.2, -0.15) is 5.10 Å². The fraction of sp³-hybridized carbons (Fsp3) is 0.727. The normalized spacial score (nSPS) is 12.1. The highest BCUT2D eigenvalue weighted by Gasteiger charge is 2.19. The van der Waals surface area contributed by atoms with Gasteiger partial charge in [-0.15, -0.1) is 0 Å². The van der Waals surface area contributed by atoms with E-state index in [1.54, 1.807) is 0 Å². The van der Waals surface area contributed by atoms with Crippen LogP contribution >= 0.6 is 22.6 Å². The third-order valence-corrected chi connectivity index (χ3v) is 3.31. The molecule has 1 aromatic heterocycles. The second kappa shape index (κ2) is 4.72. The largest absolute Gasteiger partial charge is 0.383 e. The molecule has 0 spiro atoms. The van der Waals surface area contributed by atoms with Gasteiger partial charge in [0.05, 0.1) is 9.26 Å². The Morgan fingerprint density at radius 3 is 2.47 bits per heavy atom. The van der Waals surface area contributed by atoms with Crippen LogP contribution in [0.25, 0.3) is 0 Å². The first-order valence-corrected chi connectivity index (χ1v) is 6.43. The molecule has 0 radical (unpaired) electrons. The van der Waals surface area contributed by atoms with Crippen molar-refractivity contribution < 1.29 is 0 Å². The zero-order valence-electron chi connectivity index (χ0n) is 9.97. The predicted octanol–water partition coefficient (Wildman–Crippen LogP) is 3.07. The first-order chi connectivity index (χ1) is 6.85. The van der Waals surface area contributed by atoms with Crippen molar-refractivity contribution >= 4 is 28.4 Å². The molecular weight excluding hydrogens is 301 g/mol. The summed E-state index contributed by atoms with van der Waals surface area (Å²) in [6.07, 6.45) is 2.04.